The predicted octanol–water partition coefficient (Wildman–Crippen LogP) is 1.28. The molecule has 3 rings (SSSR count). The molecule has 1 aliphatic carbocycles. The molecule has 1 aliphatic heterocycles. The van der Waals surface area contributed by atoms with E-state index in [0.717, 1.165) is 25.1 Å². The molecule has 0 bridgehead atoms. The second-order valence-electron chi connectivity index (χ2n) is 5.46. The van der Waals surface area contributed by atoms with Gasteiger partial charge in [-0.15, -0.1) is 0 Å². The zero-order valence-corrected chi connectivity index (χ0v) is 10.5. The molecular formula is C14H19N3O. The summed E-state index contributed by atoms with van der Waals surface area (Å²) >= 11 is 0. The summed E-state index contributed by atoms with van der Waals surface area (Å²) in [5, 5.41) is 0. The van der Waals surface area contributed by atoms with Crippen molar-refractivity contribution in [2.45, 2.75) is 25.3 Å². The maximum absolute atomic E-state index is 12.4. The molecular weight excluding hydrogens is 226 g/mol. The van der Waals surface area contributed by atoms with Gasteiger partial charge < -0.3 is 10.6 Å². The van der Waals surface area contributed by atoms with E-state index in [-0.39, 0.29) is 11.9 Å². The van der Waals surface area contributed by atoms with E-state index in [9.17, 15) is 4.79 Å². The smallest absolute Gasteiger partial charge is 0.253 e. The Bertz CT molecular complexity index is 434. The largest absolute Gasteiger partial charge is 0.338 e. The molecule has 1 saturated carbocycles. The van der Waals surface area contributed by atoms with E-state index in [4.69, 9.17) is 5.73 Å². The molecule has 2 heterocycles. The number of rotatable bonds is 1. The number of hydrogen-bond donors (Lipinski definition) is 1. The van der Waals surface area contributed by atoms with Crippen molar-refractivity contribution >= 4 is 5.91 Å². The van der Waals surface area contributed by atoms with Crippen molar-refractivity contribution in [2.75, 3.05) is 13.1 Å². The van der Waals surface area contributed by atoms with E-state index in [0.29, 0.717) is 11.8 Å². The Morgan fingerprint density at radius 1 is 1.28 bits per heavy atom. The molecule has 1 saturated heterocycles. The Kier molecular flexibility index (Phi) is 3.04. The fourth-order valence-electron chi connectivity index (χ4n) is 3.36. The van der Waals surface area contributed by atoms with Crippen molar-refractivity contribution < 1.29 is 4.79 Å². The molecule has 4 heteroatoms. The van der Waals surface area contributed by atoms with Crippen LogP contribution in [-0.4, -0.2) is 34.9 Å². The third-order valence-electron chi connectivity index (χ3n) is 4.37. The SMILES string of the molecule is NC1CCCC2CN(C(=O)c3ccncc3)CC12. The number of nitrogens with zero attached hydrogens (tertiary/aromatic N) is 2. The lowest BCUT2D eigenvalue weighted by Gasteiger charge is -2.29. The summed E-state index contributed by atoms with van der Waals surface area (Å²) in [6.45, 7) is 1.70. The van der Waals surface area contributed by atoms with Crippen molar-refractivity contribution in [2.24, 2.45) is 17.6 Å². The maximum Gasteiger partial charge on any atom is 0.253 e. The van der Waals surface area contributed by atoms with Gasteiger partial charge in [0, 0.05) is 37.1 Å². The first kappa shape index (κ1) is 11.7. The van der Waals surface area contributed by atoms with E-state index in [1.807, 2.05) is 4.90 Å². The van der Waals surface area contributed by atoms with Gasteiger partial charge in [-0.2, -0.15) is 0 Å². The number of aromatic nitrogens is 1. The van der Waals surface area contributed by atoms with Gasteiger partial charge in [-0.05, 0) is 36.8 Å². The Labute approximate surface area is 107 Å². The Hall–Kier alpha value is -1.42. The molecule has 2 N–H and O–H groups in total. The van der Waals surface area contributed by atoms with Gasteiger partial charge in [0.05, 0.1) is 0 Å². The summed E-state index contributed by atoms with van der Waals surface area (Å²) in [5.41, 5.74) is 6.91. The van der Waals surface area contributed by atoms with Crippen LogP contribution in [0, 0.1) is 11.8 Å². The fourth-order valence-corrected chi connectivity index (χ4v) is 3.36. The van der Waals surface area contributed by atoms with Crippen LogP contribution in [0.2, 0.25) is 0 Å². The fraction of sp³-hybridized carbons (Fsp3) is 0.571. The Balaban J connectivity index is 1.74. The summed E-state index contributed by atoms with van der Waals surface area (Å²) in [5.74, 6) is 1.24. The third kappa shape index (κ3) is 2.01. The number of hydrogen-bond acceptors (Lipinski definition) is 3. The van der Waals surface area contributed by atoms with E-state index >= 15 is 0 Å². The minimum atomic E-state index is 0.124. The predicted molar refractivity (Wildman–Crippen MR) is 68.9 cm³/mol. The van der Waals surface area contributed by atoms with Gasteiger partial charge >= 0.3 is 0 Å². The average Bonchev–Trinajstić information content (AvgIpc) is 2.84. The van der Waals surface area contributed by atoms with Crippen molar-refractivity contribution in [3.63, 3.8) is 0 Å². The first-order valence-corrected chi connectivity index (χ1v) is 6.70. The minimum Gasteiger partial charge on any atom is -0.338 e. The van der Waals surface area contributed by atoms with E-state index in [1.54, 1.807) is 24.5 Å². The van der Waals surface area contributed by atoms with Crippen LogP contribution in [0.25, 0.3) is 0 Å². The minimum absolute atomic E-state index is 0.124. The van der Waals surface area contributed by atoms with Crippen LogP contribution in [0.4, 0.5) is 0 Å². The lowest BCUT2D eigenvalue weighted by Crippen LogP contribution is -2.38. The van der Waals surface area contributed by atoms with Gasteiger partial charge in [0.1, 0.15) is 0 Å². The molecule has 1 aromatic rings. The molecule has 3 unspecified atom stereocenters. The van der Waals surface area contributed by atoms with Crippen LogP contribution >= 0.6 is 0 Å². The lowest BCUT2D eigenvalue weighted by atomic mass is 9.78. The average molecular weight is 245 g/mol. The zero-order valence-electron chi connectivity index (χ0n) is 10.5. The molecule has 18 heavy (non-hydrogen) atoms. The number of carbonyl (C=O) groups excluding carboxylic acids is 1. The molecule has 1 aromatic heterocycles. The third-order valence-corrected chi connectivity index (χ3v) is 4.37. The van der Waals surface area contributed by atoms with Crippen LogP contribution in [0.5, 0.6) is 0 Å². The normalized spacial score (nSPS) is 31.2. The molecule has 1 amide bonds. The molecule has 2 fully saturated rings. The number of nitrogens with two attached hydrogens (primary N) is 1. The van der Waals surface area contributed by atoms with Crippen molar-refractivity contribution in [1.82, 2.24) is 9.88 Å². The number of pyridine rings is 1. The van der Waals surface area contributed by atoms with Crippen molar-refractivity contribution in [3.05, 3.63) is 30.1 Å². The molecule has 96 valence electrons. The van der Waals surface area contributed by atoms with Crippen LogP contribution in [0.1, 0.15) is 29.6 Å². The maximum atomic E-state index is 12.4. The van der Waals surface area contributed by atoms with E-state index in [2.05, 4.69) is 4.98 Å². The second-order valence-corrected chi connectivity index (χ2v) is 5.46. The summed E-state index contributed by atoms with van der Waals surface area (Å²) in [6, 6.07) is 3.84. The number of likely N-dealkylation sites (tertiary alicyclic amines) is 1. The summed E-state index contributed by atoms with van der Waals surface area (Å²) in [7, 11) is 0. The Morgan fingerprint density at radius 2 is 2.06 bits per heavy atom. The van der Waals surface area contributed by atoms with Gasteiger partial charge in [-0.3, -0.25) is 9.78 Å². The van der Waals surface area contributed by atoms with Crippen LogP contribution in [0.3, 0.4) is 0 Å². The topological polar surface area (TPSA) is 59.2 Å². The number of carbonyl (C=O) groups is 1. The zero-order chi connectivity index (χ0) is 12.5. The molecule has 0 aromatic carbocycles. The molecule has 0 radical (unpaired) electrons. The molecule has 0 spiro atoms. The standard InChI is InChI=1S/C14H19N3O/c15-13-3-1-2-11-8-17(9-12(11)13)14(18)10-4-6-16-7-5-10/h4-7,11-13H,1-3,8-9,15H2. The highest BCUT2D eigenvalue weighted by Gasteiger charge is 2.40. The van der Waals surface area contributed by atoms with Crippen LogP contribution in [0.15, 0.2) is 24.5 Å². The van der Waals surface area contributed by atoms with Gasteiger partial charge in [-0.1, -0.05) is 6.42 Å². The highest BCUT2D eigenvalue weighted by Crippen LogP contribution is 2.35. The summed E-state index contributed by atoms with van der Waals surface area (Å²) in [4.78, 5) is 18.3. The molecule has 2 aliphatic rings. The van der Waals surface area contributed by atoms with Crippen LogP contribution < -0.4 is 5.73 Å². The highest BCUT2D eigenvalue weighted by atomic mass is 16.2. The summed E-state index contributed by atoms with van der Waals surface area (Å²) in [6.07, 6.45) is 6.88. The lowest BCUT2D eigenvalue weighted by molar-refractivity contribution is 0.0783. The van der Waals surface area contributed by atoms with E-state index in [1.165, 1.54) is 12.8 Å². The Morgan fingerprint density at radius 3 is 2.78 bits per heavy atom. The van der Waals surface area contributed by atoms with Gasteiger partial charge in [0.15, 0.2) is 0 Å². The quantitative estimate of drug-likeness (QED) is 0.811. The number of amides is 1. The van der Waals surface area contributed by atoms with Gasteiger partial charge in [-0.25, -0.2) is 0 Å². The first-order chi connectivity index (χ1) is 8.75. The van der Waals surface area contributed by atoms with Gasteiger partial charge in [0.2, 0.25) is 0 Å². The van der Waals surface area contributed by atoms with Crippen molar-refractivity contribution in [1.29, 1.82) is 0 Å². The number of fused-ring (bicyclic) bond motifs is 1. The molecule has 4 nitrogen and oxygen atoms in total. The van der Waals surface area contributed by atoms with E-state index < -0.39 is 0 Å². The second kappa shape index (κ2) is 4.69. The monoisotopic (exact) mass is 245 g/mol. The summed E-state index contributed by atoms with van der Waals surface area (Å²) < 4.78 is 0. The highest BCUT2D eigenvalue weighted by molar-refractivity contribution is 5.94. The first-order valence-electron chi connectivity index (χ1n) is 6.70. The van der Waals surface area contributed by atoms with Crippen molar-refractivity contribution in [3.8, 4) is 0 Å². The molecule has 3 atom stereocenters. The van der Waals surface area contributed by atoms with Crippen LogP contribution in [-0.2, 0) is 0 Å². The van der Waals surface area contributed by atoms with Gasteiger partial charge in [0.25, 0.3) is 5.91 Å².